The lowest BCUT2D eigenvalue weighted by Crippen LogP contribution is -2.13. The molecule has 1 N–H and O–H groups in total. The Bertz CT molecular complexity index is 465. The summed E-state index contributed by atoms with van der Waals surface area (Å²) < 4.78 is 0. The standard InChI is InChI=1S/C12H15N3S/c1-9-4-6-16-12(9)8-13-7-11-3-5-14-10(2)15-11/h3-6,13H,7-8H2,1-2H3. The van der Waals surface area contributed by atoms with E-state index in [0.717, 1.165) is 24.6 Å². The largest absolute Gasteiger partial charge is 0.306 e. The average Bonchev–Trinajstić information content (AvgIpc) is 2.65. The van der Waals surface area contributed by atoms with Crippen LogP contribution in [0.3, 0.4) is 0 Å². The SMILES string of the molecule is Cc1nccc(CNCc2sccc2C)n1. The molecule has 0 aliphatic carbocycles. The van der Waals surface area contributed by atoms with Crippen LogP contribution >= 0.6 is 11.3 Å². The number of nitrogens with zero attached hydrogens (tertiary/aromatic N) is 2. The second kappa shape index (κ2) is 5.18. The average molecular weight is 233 g/mol. The van der Waals surface area contributed by atoms with Gasteiger partial charge in [-0.3, -0.25) is 0 Å². The third-order valence-corrected chi connectivity index (χ3v) is 3.42. The van der Waals surface area contributed by atoms with Crippen LogP contribution in [-0.2, 0) is 13.1 Å². The van der Waals surface area contributed by atoms with Gasteiger partial charge in [-0.1, -0.05) is 0 Å². The van der Waals surface area contributed by atoms with Crippen molar-refractivity contribution >= 4 is 11.3 Å². The fraction of sp³-hybridized carbons (Fsp3) is 0.333. The Hall–Kier alpha value is -1.26. The van der Waals surface area contributed by atoms with E-state index in [4.69, 9.17) is 0 Å². The van der Waals surface area contributed by atoms with E-state index in [1.54, 1.807) is 17.5 Å². The molecule has 2 rings (SSSR count). The van der Waals surface area contributed by atoms with E-state index in [0.29, 0.717) is 0 Å². The zero-order valence-corrected chi connectivity index (χ0v) is 10.3. The van der Waals surface area contributed by atoms with Gasteiger partial charge in [0.2, 0.25) is 0 Å². The molecule has 0 unspecified atom stereocenters. The molecule has 0 aliphatic heterocycles. The van der Waals surface area contributed by atoms with Crippen molar-refractivity contribution in [2.45, 2.75) is 26.9 Å². The van der Waals surface area contributed by atoms with Crippen molar-refractivity contribution in [1.29, 1.82) is 0 Å². The number of nitrogens with one attached hydrogen (secondary N) is 1. The summed E-state index contributed by atoms with van der Waals surface area (Å²) in [6.07, 6.45) is 1.80. The lowest BCUT2D eigenvalue weighted by molar-refractivity contribution is 0.680. The fourth-order valence-corrected chi connectivity index (χ4v) is 2.37. The molecule has 0 atom stereocenters. The van der Waals surface area contributed by atoms with E-state index in [2.05, 4.69) is 33.7 Å². The van der Waals surface area contributed by atoms with Crippen LogP contribution in [0.25, 0.3) is 0 Å². The Morgan fingerprint density at radius 2 is 2.12 bits per heavy atom. The van der Waals surface area contributed by atoms with Gasteiger partial charge in [-0.2, -0.15) is 0 Å². The van der Waals surface area contributed by atoms with E-state index in [-0.39, 0.29) is 0 Å². The predicted molar refractivity (Wildman–Crippen MR) is 66.4 cm³/mol. The Balaban J connectivity index is 1.87. The zero-order valence-electron chi connectivity index (χ0n) is 9.53. The van der Waals surface area contributed by atoms with Crippen molar-refractivity contribution in [3.05, 3.63) is 45.7 Å². The van der Waals surface area contributed by atoms with Crippen molar-refractivity contribution < 1.29 is 0 Å². The van der Waals surface area contributed by atoms with E-state index >= 15 is 0 Å². The Labute approximate surface area is 99.6 Å². The van der Waals surface area contributed by atoms with Crippen LogP contribution in [0.5, 0.6) is 0 Å². The Morgan fingerprint density at radius 3 is 2.81 bits per heavy atom. The summed E-state index contributed by atoms with van der Waals surface area (Å²) in [5, 5.41) is 5.52. The van der Waals surface area contributed by atoms with Gasteiger partial charge in [0.15, 0.2) is 0 Å². The van der Waals surface area contributed by atoms with Crippen LogP contribution in [0.2, 0.25) is 0 Å². The summed E-state index contributed by atoms with van der Waals surface area (Å²) in [5.41, 5.74) is 2.40. The molecule has 84 valence electrons. The number of thiophene rings is 1. The molecular formula is C12H15N3S. The number of hydrogen-bond acceptors (Lipinski definition) is 4. The summed E-state index contributed by atoms with van der Waals surface area (Å²) in [4.78, 5) is 9.81. The van der Waals surface area contributed by atoms with Gasteiger partial charge in [0.25, 0.3) is 0 Å². The predicted octanol–water partition coefficient (Wildman–Crippen LogP) is 2.44. The van der Waals surface area contributed by atoms with Gasteiger partial charge in [-0.25, -0.2) is 9.97 Å². The molecule has 0 amide bonds. The smallest absolute Gasteiger partial charge is 0.125 e. The van der Waals surface area contributed by atoms with Gasteiger partial charge in [-0.15, -0.1) is 11.3 Å². The maximum Gasteiger partial charge on any atom is 0.125 e. The molecule has 16 heavy (non-hydrogen) atoms. The lowest BCUT2D eigenvalue weighted by Gasteiger charge is -2.04. The summed E-state index contributed by atoms with van der Waals surface area (Å²) in [5.74, 6) is 0.826. The molecular weight excluding hydrogens is 218 g/mol. The topological polar surface area (TPSA) is 37.8 Å². The molecule has 4 heteroatoms. The molecule has 0 saturated heterocycles. The quantitative estimate of drug-likeness (QED) is 0.881. The highest BCUT2D eigenvalue weighted by Crippen LogP contribution is 2.14. The number of aryl methyl sites for hydroxylation is 2. The van der Waals surface area contributed by atoms with Crippen molar-refractivity contribution in [1.82, 2.24) is 15.3 Å². The fourth-order valence-electron chi connectivity index (χ4n) is 1.49. The van der Waals surface area contributed by atoms with Crippen LogP contribution in [0.4, 0.5) is 0 Å². The van der Waals surface area contributed by atoms with Gasteiger partial charge in [-0.05, 0) is 36.9 Å². The maximum absolute atomic E-state index is 4.34. The minimum atomic E-state index is 0.792. The van der Waals surface area contributed by atoms with E-state index in [1.165, 1.54) is 10.4 Å². The molecule has 0 radical (unpaired) electrons. The van der Waals surface area contributed by atoms with Gasteiger partial charge in [0, 0.05) is 24.2 Å². The second-order valence-corrected chi connectivity index (χ2v) is 4.73. The van der Waals surface area contributed by atoms with Gasteiger partial charge in [0.1, 0.15) is 5.82 Å². The minimum Gasteiger partial charge on any atom is -0.306 e. The molecule has 0 spiro atoms. The van der Waals surface area contributed by atoms with E-state index < -0.39 is 0 Å². The van der Waals surface area contributed by atoms with E-state index in [1.807, 2.05) is 13.0 Å². The van der Waals surface area contributed by atoms with Crippen molar-refractivity contribution in [2.75, 3.05) is 0 Å². The zero-order chi connectivity index (χ0) is 11.4. The van der Waals surface area contributed by atoms with Crippen molar-refractivity contribution in [3.63, 3.8) is 0 Å². The van der Waals surface area contributed by atoms with Crippen LogP contribution < -0.4 is 5.32 Å². The number of aromatic nitrogens is 2. The highest BCUT2D eigenvalue weighted by atomic mass is 32.1. The van der Waals surface area contributed by atoms with Gasteiger partial charge in [0.05, 0.1) is 5.69 Å². The number of hydrogen-bond donors (Lipinski definition) is 1. The Morgan fingerprint density at radius 1 is 1.25 bits per heavy atom. The van der Waals surface area contributed by atoms with Crippen LogP contribution in [0.1, 0.15) is 22.0 Å². The maximum atomic E-state index is 4.34. The van der Waals surface area contributed by atoms with E-state index in [9.17, 15) is 0 Å². The first-order chi connectivity index (χ1) is 7.75. The van der Waals surface area contributed by atoms with Crippen LogP contribution in [0, 0.1) is 13.8 Å². The normalized spacial score (nSPS) is 10.6. The molecule has 2 aromatic rings. The summed E-state index contributed by atoms with van der Waals surface area (Å²) in [6, 6.07) is 4.10. The third kappa shape index (κ3) is 2.87. The van der Waals surface area contributed by atoms with Gasteiger partial charge < -0.3 is 5.32 Å². The van der Waals surface area contributed by atoms with Gasteiger partial charge >= 0.3 is 0 Å². The second-order valence-electron chi connectivity index (χ2n) is 3.73. The number of rotatable bonds is 4. The van der Waals surface area contributed by atoms with Crippen LogP contribution in [0.15, 0.2) is 23.7 Å². The molecule has 0 fully saturated rings. The highest BCUT2D eigenvalue weighted by molar-refractivity contribution is 7.10. The first-order valence-electron chi connectivity index (χ1n) is 5.28. The monoisotopic (exact) mass is 233 g/mol. The van der Waals surface area contributed by atoms with Crippen LogP contribution in [-0.4, -0.2) is 9.97 Å². The van der Waals surface area contributed by atoms with Crippen molar-refractivity contribution in [2.24, 2.45) is 0 Å². The molecule has 0 saturated carbocycles. The Kier molecular flexibility index (Phi) is 3.64. The highest BCUT2D eigenvalue weighted by Gasteiger charge is 2.00. The summed E-state index contributed by atoms with van der Waals surface area (Å²) in [6.45, 7) is 5.75. The van der Waals surface area contributed by atoms with Crippen molar-refractivity contribution in [3.8, 4) is 0 Å². The molecule has 0 bridgehead atoms. The molecule has 0 aromatic carbocycles. The molecule has 2 heterocycles. The molecule has 3 nitrogen and oxygen atoms in total. The third-order valence-electron chi connectivity index (χ3n) is 2.39. The lowest BCUT2D eigenvalue weighted by atomic mass is 10.3. The molecule has 0 aliphatic rings. The first kappa shape index (κ1) is 11.2. The summed E-state index contributed by atoms with van der Waals surface area (Å²) in [7, 11) is 0. The molecule has 2 aromatic heterocycles. The first-order valence-corrected chi connectivity index (χ1v) is 6.16. The summed E-state index contributed by atoms with van der Waals surface area (Å²) >= 11 is 1.79. The minimum absolute atomic E-state index is 0.792.